The van der Waals surface area contributed by atoms with Crippen LogP contribution in [0.3, 0.4) is 0 Å². The predicted molar refractivity (Wildman–Crippen MR) is 96.2 cm³/mol. The van der Waals surface area contributed by atoms with Gasteiger partial charge in [0.25, 0.3) is 0 Å². The lowest BCUT2D eigenvalue weighted by Gasteiger charge is -2.36. The molecular weight excluding hydrogens is 316 g/mol. The first-order chi connectivity index (χ1) is 12.0. The van der Waals surface area contributed by atoms with E-state index in [0.29, 0.717) is 19.5 Å². The number of nitrogens with two attached hydrogens (primary N) is 1. The lowest BCUT2D eigenvalue weighted by Crippen LogP contribution is -2.51. The van der Waals surface area contributed by atoms with Crippen LogP contribution in [-0.2, 0) is 17.8 Å². The van der Waals surface area contributed by atoms with E-state index in [1.54, 1.807) is 0 Å². The van der Waals surface area contributed by atoms with Gasteiger partial charge in [0.05, 0.1) is 6.04 Å². The standard InChI is InChI=1S/C20H24N2O3/c1-14-6-2-5-9-19(14)25-13-17(23)12-22-11-16-8-4-3-7-15(16)10-18(22)20(21)24/h2-9,17-18,23H,10-13H2,1H3,(H2,21,24)/t17?,18-/m0/s1. The number of β-amino-alcohol motifs (C(OH)–C–C–N with tert-alkyl or cyclic N) is 1. The van der Waals surface area contributed by atoms with Crippen molar-refractivity contribution in [2.24, 2.45) is 5.73 Å². The first kappa shape index (κ1) is 17.5. The number of hydrogen-bond acceptors (Lipinski definition) is 4. The van der Waals surface area contributed by atoms with Gasteiger partial charge in [-0.05, 0) is 36.1 Å². The number of para-hydroxylation sites is 1. The molecule has 0 saturated heterocycles. The number of aliphatic hydroxyl groups is 1. The van der Waals surface area contributed by atoms with Crippen LogP contribution in [0, 0.1) is 6.92 Å². The van der Waals surface area contributed by atoms with Gasteiger partial charge in [-0.25, -0.2) is 0 Å². The molecule has 5 nitrogen and oxygen atoms in total. The second-order valence-corrected chi connectivity index (χ2v) is 6.55. The molecule has 2 aromatic carbocycles. The lowest BCUT2D eigenvalue weighted by molar-refractivity contribution is -0.124. The number of ether oxygens (including phenoxy) is 1. The largest absolute Gasteiger partial charge is 0.491 e. The Bertz CT molecular complexity index is 747. The fourth-order valence-electron chi connectivity index (χ4n) is 3.28. The third-order valence-electron chi connectivity index (χ3n) is 4.64. The van der Waals surface area contributed by atoms with E-state index in [2.05, 4.69) is 6.07 Å². The number of carbonyl (C=O) groups is 1. The van der Waals surface area contributed by atoms with Gasteiger partial charge in [0.2, 0.25) is 5.91 Å². The molecule has 0 saturated carbocycles. The molecule has 1 heterocycles. The molecule has 0 aliphatic carbocycles. The highest BCUT2D eigenvalue weighted by molar-refractivity contribution is 5.80. The maximum atomic E-state index is 11.8. The van der Waals surface area contributed by atoms with Crippen molar-refractivity contribution in [1.82, 2.24) is 4.90 Å². The fraction of sp³-hybridized carbons (Fsp3) is 0.350. The second-order valence-electron chi connectivity index (χ2n) is 6.55. The highest BCUT2D eigenvalue weighted by Crippen LogP contribution is 2.23. The van der Waals surface area contributed by atoms with Gasteiger partial charge < -0.3 is 15.6 Å². The average molecular weight is 340 g/mol. The van der Waals surface area contributed by atoms with Crippen molar-refractivity contribution in [2.75, 3.05) is 13.2 Å². The number of rotatable bonds is 6. The van der Waals surface area contributed by atoms with Crippen molar-refractivity contribution < 1.29 is 14.6 Å². The Kier molecular flexibility index (Phi) is 5.36. The van der Waals surface area contributed by atoms with Gasteiger partial charge >= 0.3 is 0 Å². The molecule has 1 aliphatic heterocycles. The quantitative estimate of drug-likeness (QED) is 0.838. The van der Waals surface area contributed by atoms with Crippen LogP contribution < -0.4 is 10.5 Å². The topological polar surface area (TPSA) is 75.8 Å². The van der Waals surface area contributed by atoms with E-state index in [1.165, 1.54) is 5.56 Å². The summed E-state index contributed by atoms with van der Waals surface area (Å²) in [5.74, 6) is 0.401. The van der Waals surface area contributed by atoms with Crippen molar-refractivity contribution in [3.05, 3.63) is 65.2 Å². The lowest BCUT2D eigenvalue weighted by atomic mass is 9.93. The SMILES string of the molecule is Cc1ccccc1OCC(O)CN1Cc2ccccc2C[C@H]1C(N)=O. The van der Waals surface area contributed by atoms with Crippen molar-refractivity contribution in [1.29, 1.82) is 0 Å². The van der Waals surface area contributed by atoms with Gasteiger partial charge in [0.1, 0.15) is 18.5 Å². The summed E-state index contributed by atoms with van der Waals surface area (Å²) in [6, 6.07) is 15.3. The molecule has 2 aromatic rings. The molecular formula is C20H24N2O3. The third kappa shape index (κ3) is 4.18. The summed E-state index contributed by atoms with van der Waals surface area (Å²) in [5.41, 5.74) is 8.93. The number of aryl methyl sites for hydroxylation is 1. The normalized spacial score (nSPS) is 18.4. The van der Waals surface area contributed by atoms with Gasteiger partial charge in [-0.3, -0.25) is 9.69 Å². The number of aliphatic hydroxyl groups excluding tert-OH is 1. The van der Waals surface area contributed by atoms with Gasteiger partial charge in [-0.15, -0.1) is 0 Å². The molecule has 5 heteroatoms. The molecule has 2 atom stereocenters. The van der Waals surface area contributed by atoms with Gasteiger partial charge in [-0.2, -0.15) is 0 Å². The summed E-state index contributed by atoms with van der Waals surface area (Å²) in [6.45, 7) is 3.08. The van der Waals surface area contributed by atoms with E-state index in [1.807, 2.05) is 54.3 Å². The number of fused-ring (bicyclic) bond motifs is 1. The zero-order valence-corrected chi connectivity index (χ0v) is 14.4. The van der Waals surface area contributed by atoms with Crippen molar-refractivity contribution in [3.63, 3.8) is 0 Å². The van der Waals surface area contributed by atoms with E-state index >= 15 is 0 Å². The number of nitrogens with zero attached hydrogens (tertiary/aromatic N) is 1. The smallest absolute Gasteiger partial charge is 0.235 e. The van der Waals surface area contributed by atoms with E-state index in [0.717, 1.165) is 16.9 Å². The maximum Gasteiger partial charge on any atom is 0.235 e. The molecule has 0 radical (unpaired) electrons. The molecule has 3 rings (SSSR count). The first-order valence-corrected chi connectivity index (χ1v) is 8.51. The van der Waals surface area contributed by atoms with E-state index < -0.39 is 12.1 Å². The predicted octanol–water partition coefficient (Wildman–Crippen LogP) is 1.65. The molecule has 1 unspecified atom stereocenters. The number of benzene rings is 2. The third-order valence-corrected chi connectivity index (χ3v) is 4.64. The molecule has 3 N–H and O–H groups in total. The molecule has 0 bridgehead atoms. The van der Waals surface area contributed by atoms with Crippen molar-refractivity contribution in [2.45, 2.75) is 32.0 Å². The Morgan fingerprint density at radius 1 is 1.24 bits per heavy atom. The zero-order chi connectivity index (χ0) is 17.8. The second kappa shape index (κ2) is 7.68. The summed E-state index contributed by atoms with van der Waals surface area (Å²) in [7, 11) is 0. The molecule has 0 aromatic heterocycles. The Morgan fingerprint density at radius 3 is 2.64 bits per heavy atom. The van der Waals surface area contributed by atoms with Crippen LogP contribution in [0.5, 0.6) is 5.75 Å². The van der Waals surface area contributed by atoms with Crippen molar-refractivity contribution in [3.8, 4) is 5.75 Å². The summed E-state index contributed by atoms with van der Waals surface area (Å²) in [4.78, 5) is 13.8. The van der Waals surface area contributed by atoms with E-state index in [-0.39, 0.29) is 12.5 Å². The summed E-state index contributed by atoms with van der Waals surface area (Å²) in [6.07, 6.45) is -0.122. The highest BCUT2D eigenvalue weighted by Gasteiger charge is 2.31. The number of hydrogen-bond donors (Lipinski definition) is 2. The molecule has 1 aliphatic rings. The Labute approximate surface area is 148 Å². The van der Waals surface area contributed by atoms with Crippen LogP contribution in [0.1, 0.15) is 16.7 Å². The minimum atomic E-state index is -0.702. The Hall–Kier alpha value is -2.37. The van der Waals surface area contributed by atoms with E-state index in [9.17, 15) is 9.90 Å². The van der Waals surface area contributed by atoms with Crippen LogP contribution in [-0.4, -0.2) is 41.2 Å². The number of carbonyl (C=O) groups excluding carboxylic acids is 1. The fourth-order valence-corrected chi connectivity index (χ4v) is 3.28. The first-order valence-electron chi connectivity index (χ1n) is 8.51. The minimum Gasteiger partial charge on any atom is -0.491 e. The molecule has 25 heavy (non-hydrogen) atoms. The van der Waals surface area contributed by atoms with Crippen LogP contribution in [0.4, 0.5) is 0 Å². The van der Waals surface area contributed by atoms with Gasteiger partial charge in [0, 0.05) is 13.1 Å². The molecule has 0 spiro atoms. The van der Waals surface area contributed by atoms with E-state index in [4.69, 9.17) is 10.5 Å². The number of amides is 1. The summed E-state index contributed by atoms with van der Waals surface area (Å²) >= 11 is 0. The van der Waals surface area contributed by atoms with Crippen LogP contribution >= 0.6 is 0 Å². The highest BCUT2D eigenvalue weighted by atomic mass is 16.5. The zero-order valence-electron chi connectivity index (χ0n) is 14.4. The average Bonchev–Trinajstić information content (AvgIpc) is 2.60. The molecule has 132 valence electrons. The van der Waals surface area contributed by atoms with Crippen molar-refractivity contribution >= 4 is 5.91 Å². The van der Waals surface area contributed by atoms with Crippen LogP contribution in [0.15, 0.2) is 48.5 Å². The summed E-state index contributed by atoms with van der Waals surface area (Å²) < 4.78 is 5.71. The van der Waals surface area contributed by atoms with Gasteiger partial charge in [0.15, 0.2) is 0 Å². The monoisotopic (exact) mass is 340 g/mol. The van der Waals surface area contributed by atoms with Gasteiger partial charge in [-0.1, -0.05) is 42.5 Å². The minimum absolute atomic E-state index is 0.175. The van der Waals surface area contributed by atoms with Crippen LogP contribution in [0.25, 0.3) is 0 Å². The number of primary amides is 1. The Balaban J connectivity index is 1.64. The van der Waals surface area contributed by atoms with Crippen LogP contribution in [0.2, 0.25) is 0 Å². The maximum absolute atomic E-state index is 11.8. The molecule has 1 amide bonds. The summed E-state index contributed by atoms with van der Waals surface area (Å²) in [5, 5.41) is 10.4. The Morgan fingerprint density at radius 2 is 1.92 bits per heavy atom. The molecule has 0 fully saturated rings.